The molecule has 0 atom stereocenters. The maximum absolute atomic E-state index is 12.4. The van der Waals surface area contributed by atoms with Crippen molar-refractivity contribution in [2.75, 3.05) is 20.1 Å². The van der Waals surface area contributed by atoms with Crippen molar-refractivity contribution < 1.29 is 15.0 Å². The molecular formula is C15H21NO3. The van der Waals surface area contributed by atoms with E-state index in [9.17, 15) is 15.0 Å². The zero-order valence-electron chi connectivity index (χ0n) is 11.5. The van der Waals surface area contributed by atoms with Crippen molar-refractivity contribution in [2.24, 2.45) is 0 Å². The van der Waals surface area contributed by atoms with E-state index in [1.807, 2.05) is 6.92 Å². The molecule has 0 saturated carbocycles. The fraction of sp³-hybridized carbons (Fsp3) is 0.533. The van der Waals surface area contributed by atoms with Crippen molar-refractivity contribution in [3.63, 3.8) is 0 Å². The van der Waals surface area contributed by atoms with Crippen LogP contribution in [0.5, 0.6) is 11.5 Å². The summed E-state index contributed by atoms with van der Waals surface area (Å²) < 4.78 is 0. The SMILES string of the molecule is CCC(=O)C1(c2ccc(O)c(O)c2)CCN(C)CC1. The summed E-state index contributed by atoms with van der Waals surface area (Å²) >= 11 is 0. The minimum atomic E-state index is -0.507. The molecule has 19 heavy (non-hydrogen) atoms. The summed E-state index contributed by atoms with van der Waals surface area (Å²) in [6.07, 6.45) is 2.02. The second kappa shape index (κ2) is 5.21. The number of hydrogen-bond acceptors (Lipinski definition) is 4. The van der Waals surface area contributed by atoms with Crippen molar-refractivity contribution in [3.8, 4) is 11.5 Å². The molecule has 0 radical (unpaired) electrons. The van der Waals surface area contributed by atoms with E-state index in [0.717, 1.165) is 31.5 Å². The van der Waals surface area contributed by atoms with Crippen LogP contribution in [0.1, 0.15) is 31.7 Å². The fourth-order valence-corrected chi connectivity index (χ4v) is 2.89. The van der Waals surface area contributed by atoms with Gasteiger partial charge in [0.05, 0.1) is 5.41 Å². The lowest BCUT2D eigenvalue weighted by atomic mass is 9.69. The zero-order chi connectivity index (χ0) is 14.0. The van der Waals surface area contributed by atoms with Crippen LogP contribution in [0, 0.1) is 0 Å². The average Bonchev–Trinajstić information content (AvgIpc) is 2.42. The standard InChI is InChI=1S/C15H21NO3/c1-3-14(19)15(6-8-16(2)9-7-15)11-4-5-12(17)13(18)10-11/h4-5,10,17-18H,3,6-9H2,1-2H3. The van der Waals surface area contributed by atoms with E-state index < -0.39 is 5.41 Å². The van der Waals surface area contributed by atoms with Gasteiger partial charge < -0.3 is 15.1 Å². The number of aromatic hydroxyl groups is 2. The predicted molar refractivity (Wildman–Crippen MR) is 73.5 cm³/mol. The zero-order valence-corrected chi connectivity index (χ0v) is 11.5. The number of rotatable bonds is 3. The molecule has 1 aromatic rings. The second-order valence-electron chi connectivity index (χ2n) is 5.37. The van der Waals surface area contributed by atoms with Gasteiger partial charge in [-0.15, -0.1) is 0 Å². The lowest BCUT2D eigenvalue weighted by Gasteiger charge is -2.40. The van der Waals surface area contributed by atoms with Crippen LogP contribution in [0.4, 0.5) is 0 Å². The van der Waals surface area contributed by atoms with Crippen LogP contribution < -0.4 is 0 Å². The van der Waals surface area contributed by atoms with Crippen LogP contribution >= 0.6 is 0 Å². The Hall–Kier alpha value is -1.55. The van der Waals surface area contributed by atoms with E-state index in [-0.39, 0.29) is 17.3 Å². The van der Waals surface area contributed by atoms with E-state index in [1.54, 1.807) is 6.07 Å². The molecule has 1 heterocycles. The van der Waals surface area contributed by atoms with Gasteiger partial charge in [0, 0.05) is 6.42 Å². The Balaban J connectivity index is 2.42. The highest BCUT2D eigenvalue weighted by atomic mass is 16.3. The minimum absolute atomic E-state index is 0.143. The largest absolute Gasteiger partial charge is 0.504 e. The number of phenols is 2. The van der Waals surface area contributed by atoms with E-state index >= 15 is 0 Å². The predicted octanol–water partition coefficient (Wildman–Crippen LogP) is 2.04. The molecule has 1 fully saturated rings. The Morgan fingerprint density at radius 3 is 2.42 bits per heavy atom. The Bertz CT molecular complexity index is 476. The van der Waals surface area contributed by atoms with Gasteiger partial charge in [-0.1, -0.05) is 13.0 Å². The Morgan fingerprint density at radius 1 is 1.26 bits per heavy atom. The van der Waals surface area contributed by atoms with Gasteiger partial charge in [-0.05, 0) is 50.7 Å². The van der Waals surface area contributed by atoms with E-state index in [0.29, 0.717) is 6.42 Å². The maximum Gasteiger partial charge on any atom is 0.157 e. The number of carbonyl (C=O) groups is 1. The fourth-order valence-electron chi connectivity index (χ4n) is 2.89. The summed E-state index contributed by atoms with van der Waals surface area (Å²) in [4.78, 5) is 14.6. The van der Waals surface area contributed by atoms with Gasteiger partial charge in [-0.2, -0.15) is 0 Å². The van der Waals surface area contributed by atoms with Gasteiger partial charge in [-0.3, -0.25) is 4.79 Å². The highest BCUT2D eigenvalue weighted by Crippen LogP contribution is 2.40. The highest BCUT2D eigenvalue weighted by molar-refractivity contribution is 5.90. The molecule has 1 aromatic carbocycles. The smallest absolute Gasteiger partial charge is 0.157 e. The molecule has 4 heteroatoms. The lowest BCUT2D eigenvalue weighted by molar-refractivity contribution is -0.126. The molecule has 0 aliphatic carbocycles. The lowest BCUT2D eigenvalue weighted by Crippen LogP contribution is -2.45. The molecule has 1 aliphatic heterocycles. The van der Waals surface area contributed by atoms with Crippen LogP contribution in [-0.2, 0) is 10.2 Å². The molecule has 0 unspecified atom stereocenters. The molecule has 1 saturated heterocycles. The highest BCUT2D eigenvalue weighted by Gasteiger charge is 2.41. The number of nitrogens with zero attached hydrogens (tertiary/aromatic N) is 1. The molecular weight excluding hydrogens is 242 g/mol. The molecule has 0 spiro atoms. The average molecular weight is 263 g/mol. The number of Topliss-reactive ketones (excluding diaryl/α,β-unsaturated/α-hetero) is 1. The first-order valence-corrected chi connectivity index (χ1v) is 6.74. The van der Waals surface area contributed by atoms with Crippen LogP contribution in [0.2, 0.25) is 0 Å². The van der Waals surface area contributed by atoms with E-state index in [2.05, 4.69) is 11.9 Å². The van der Waals surface area contributed by atoms with Crippen molar-refractivity contribution in [1.29, 1.82) is 0 Å². The van der Waals surface area contributed by atoms with E-state index in [4.69, 9.17) is 0 Å². The Labute approximate surface area is 113 Å². The van der Waals surface area contributed by atoms with Gasteiger partial charge in [0.25, 0.3) is 0 Å². The number of phenolic OH excluding ortho intramolecular Hbond substituents is 2. The number of piperidine rings is 1. The summed E-state index contributed by atoms with van der Waals surface area (Å²) in [6.45, 7) is 3.61. The maximum atomic E-state index is 12.4. The molecule has 0 aromatic heterocycles. The topological polar surface area (TPSA) is 60.8 Å². The first-order chi connectivity index (χ1) is 8.99. The third-order valence-electron chi connectivity index (χ3n) is 4.22. The Morgan fingerprint density at radius 2 is 1.89 bits per heavy atom. The third kappa shape index (κ3) is 2.45. The van der Waals surface area contributed by atoms with Crippen LogP contribution in [0.3, 0.4) is 0 Å². The Kier molecular flexibility index (Phi) is 3.80. The first-order valence-electron chi connectivity index (χ1n) is 6.74. The van der Waals surface area contributed by atoms with Crippen molar-refractivity contribution >= 4 is 5.78 Å². The van der Waals surface area contributed by atoms with Gasteiger partial charge in [0.15, 0.2) is 11.5 Å². The number of hydrogen-bond donors (Lipinski definition) is 2. The molecule has 104 valence electrons. The number of ketones is 1. The first kappa shape index (κ1) is 13.9. The van der Waals surface area contributed by atoms with Gasteiger partial charge in [-0.25, -0.2) is 0 Å². The van der Waals surface area contributed by atoms with Gasteiger partial charge >= 0.3 is 0 Å². The number of benzene rings is 1. The summed E-state index contributed by atoms with van der Waals surface area (Å²) in [7, 11) is 2.05. The molecule has 0 amide bonds. The molecule has 4 nitrogen and oxygen atoms in total. The summed E-state index contributed by atoms with van der Waals surface area (Å²) in [6, 6.07) is 4.76. The monoisotopic (exact) mass is 263 g/mol. The molecule has 0 bridgehead atoms. The minimum Gasteiger partial charge on any atom is -0.504 e. The van der Waals surface area contributed by atoms with Crippen LogP contribution in [0.25, 0.3) is 0 Å². The normalized spacial score (nSPS) is 19.3. The van der Waals surface area contributed by atoms with Crippen LogP contribution in [0.15, 0.2) is 18.2 Å². The third-order valence-corrected chi connectivity index (χ3v) is 4.22. The molecule has 2 N–H and O–H groups in total. The summed E-state index contributed by atoms with van der Waals surface area (Å²) in [5.74, 6) is -0.0822. The number of carbonyl (C=O) groups excluding carboxylic acids is 1. The van der Waals surface area contributed by atoms with Crippen molar-refractivity contribution in [3.05, 3.63) is 23.8 Å². The summed E-state index contributed by atoms with van der Waals surface area (Å²) in [5, 5.41) is 19.1. The molecule has 2 rings (SSSR count). The van der Waals surface area contributed by atoms with Gasteiger partial charge in [0.2, 0.25) is 0 Å². The summed E-state index contributed by atoms with van der Waals surface area (Å²) in [5.41, 5.74) is 0.314. The van der Waals surface area contributed by atoms with Crippen molar-refractivity contribution in [2.45, 2.75) is 31.6 Å². The van der Waals surface area contributed by atoms with Gasteiger partial charge in [0.1, 0.15) is 5.78 Å². The quantitative estimate of drug-likeness (QED) is 0.819. The second-order valence-corrected chi connectivity index (χ2v) is 5.37. The van der Waals surface area contributed by atoms with Crippen LogP contribution in [-0.4, -0.2) is 41.0 Å². The van der Waals surface area contributed by atoms with E-state index in [1.165, 1.54) is 12.1 Å². The van der Waals surface area contributed by atoms with Crippen molar-refractivity contribution in [1.82, 2.24) is 4.90 Å². The number of likely N-dealkylation sites (tertiary alicyclic amines) is 1. The molecule has 1 aliphatic rings.